The molecule has 0 spiro atoms. The molecule has 0 radical (unpaired) electrons. The van der Waals surface area contributed by atoms with Gasteiger partial charge in [0.05, 0.1) is 0 Å². The van der Waals surface area contributed by atoms with Crippen LogP contribution < -0.4 is 5.73 Å². The molecule has 2 N–H and O–H groups in total. The highest BCUT2D eigenvalue weighted by Crippen LogP contribution is 1.96. The van der Waals surface area contributed by atoms with Gasteiger partial charge in [-0.25, -0.2) is 4.79 Å². The molecular formula is C8H19N3O. The van der Waals surface area contributed by atoms with Crippen molar-refractivity contribution in [3.05, 3.63) is 0 Å². The normalized spacial score (nSPS) is 10.8. The number of amides is 2. The van der Waals surface area contributed by atoms with Crippen molar-refractivity contribution >= 4 is 6.03 Å². The van der Waals surface area contributed by atoms with Crippen LogP contribution in [0.25, 0.3) is 0 Å². The van der Waals surface area contributed by atoms with Crippen LogP contribution in [-0.4, -0.2) is 49.1 Å². The number of rotatable bonds is 4. The van der Waals surface area contributed by atoms with Gasteiger partial charge in [-0.3, -0.25) is 0 Å². The molecule has 0 atom stereocenters. The number of hydrogen-bond donors (Lipinski definition) is 1. The van der Waals surface area contributed by atoms with Gasteiger partial charge in [0.1, 0.15) is 0 Å². The molecule has 0 rings (SSSR count). The van der Waals surface area contributed by atoms with E-state index in [2.05, 4.69) is 0 Å². The summed E-state index contributed by atoms with van der Waals surface area (Å²) in [6, 6.07) is -0.158. The molecule has 0 fully saturated rings. The van der Waals surface area contributed by atoms with E-state index in [9.17, 15) is 4.79 Å². The highest BCUT2D eigenvalue weighted by atomic mass is 16.2. The quantitative estimate of drug-likeness (QED) is 0.666. The van der Waals surface area contributed by atoms with Crippen LogP contribution in [0.2, 0.25) is 0 Å². The zero-order chi connectivity index (χ0) is 9.72. The number of carbonyl (C=O) groups is 1. The Kier molecular flexibility index (Phi) is 4.66. The number of carbonyl (C=O) groups excluding carboxylic acids is 1. The maximum atomic E-state index is 10.9. The van der Waals surface area contributed by atoms with Crippen molar-refractivity contribution in [2.75, 3.05) is 27.2 Å². The van der Waals surface area contributed by atoms with Crippen molar-refractivity contribution in [3.63, 3.8) is 0 Å². The zero-order valence-electron chi connectivity index (χ0n) is 8.37. The molecule has 4 heteroatoms. The molecule has 4 nitrogen and oxygen atoms in total. The topological polar surface area (TPSA) is 49.6 Å². The second-order valence-electron chi connectivity index (χ2n) is 3.43. The Labute approximate surface area is 74.3 Å². The van der Waals surface area contributed by atoms with Crippen molar-refractivity contribution < 1.29 is 4.79 Å². The molecule has 0 aromatic rings. The first-order valence-electron chi connectivity index (χ1n) is 4.16. The lowest BCUT2D eigenvalue weighted by Crippen LogP contribution is -2.44. The highest BCUT2D eigenvalue weighted by molar-refractivity contribution is 5.72. The first kappa shape index (κ1) is 11.2. The average Bonchev–Trinajstić information content (AvgIpc) is 1.84. The second-order valence-corrected chi connectivity index (χ2v) is 3.43. The predicted octanol–water partition coefficient (Wildman–Crippen LogP) is 0.337. The van der Waals surface area contributed by atoms with E-state index in [1.165, 1.54) is 0 Å². The van der Waals surface area contributed by atoms with Crippen LogP contribution in [-0.2, 0) is 0 Å². The summed E-state index contributed by atoms with van der Waals surface area (Å²) >= 11 is 0. The minimum absolute atomic E-state index is 0.183. The summed E-state index contributed by atoms with van der Waals surface area (Å²) in [7, 11) is 3.94. The molecule has 12 heavy (non-hydrogen) atoms. The third kappa shape index (κ3) is 4.18. The third-order valence-electron chi connectivity index (χ3n) is 1.69. The molecular weight excluding hydrogens is 154 g/mol. The van der Waals surface area contributed by atoms with Crippen molar-refractivity contribution in [1.82, 2.24) is 9.80 Å². The Morgan fingerprint density at radius 2 is 1.83 bits per heavy atom. The molecule has 72 valence electrons. The maximum Gasteiger partial charge on any atom is 0.315 e. The standard InChI is InChI=1S/C8H19N3O/c1-7(2)11(8(9)12)6-5-10(3)4/h7H,5-6H2,1-4H3,(H2,9,12). The van der Waals surface area contributed by atoms with E-state index in [-0.39, 0.29) is 12.1 Å². The molecule has 0 aliphatic rings. The lowest BCUT2D eigenvalue weighted by atomic mass is 10.3. The van der Waals surface area contributed by atoms with Gasteiger partial charge >= 0.3 is 6.03 Å². The Morgan fingerprint density at radius 3 is 2.08 bits per heavy atom. The second kappa shape index (κ2) is 4.98. The molecule has 0 saturated carbocycles. The van der Waals surface area contributed by atoms with Gasteiger partial charge in [0.15, 0.2) is 0 Å². The van der Waals surface area contributed by atoms with Gasteiger partial charge in [-0.05, 0) is 27.9 Å². The van der Waals surface area contributed by atoms with E-state index < -0.39 is 0 Å². The SMILES string of the molecule is CC(C)N(CCN(C)C)C(N)=O. The van der Waals surface area contributed by atoms with Gasteiger partial charge < -0.3 is 15.5 Å². The minimum atomic E-state index is -0.341. The number of nitrogens with two attached hydrogens (primary N) is 1. The summed E-state index contributed by atoms with van der Waals surface area (Å²) < 4.78 is 0. The van der Waals surface area contributed by atoms with Crippen molar-refractivity contribution in [2.45, 2.75) is 19.9 Å². The van der Waals surface area contributed by atoms with Crippen LogP contribution in [0, 0.1) is 0 Å². The van der Waals surface area contributed by atoms with Gasteiger partial charge in [0, 0.05) is 19.1 Å². The van der Waals surface area contributed by atoms with E-state index in [1.807, 2.05) is 32.8 Å². The fourth-order valence-electron chi connectivity index (χ4n) is 0.931. The lowest BCUT2D eigenvalue weighted by molar-refractivity contribution is 0.185. The summed E-state index contributed by atoms with van der Waals surface area (Å²) in [5, 5.41) is 0. The third-order valence-corrected chi connectivity index (χ3v) is 1.69. The Bertz CT molecular complexity index is 145. The number of hydrogen-bond acceptors (Lipinski definition) is 2. The van der Waals surface area contributed by atoms with Crippen molar-refractivity contribution in [1.29, 1.82) is 0 Å². The van der Waals surface area contributed by atoms with E-state index in [1.54, 1.807) is 4.90 Å². The summed E-state index contributed by atoms with van der Waals surface area (Å²) in [5.41, 5.74) is 5.19. The number of nitrogens with zero attached hydrogens (tertiary/aromatic N) is 2. The van der Waals surface area contributed by atoms with Crippen LogP contribution in [0.4, 0.5) is 4.79 Å². The van der Waals surface area contributed by atoms with E-state index in [0.717, 1.165) is 6.54 Å². The average molecular weight is 173 g/mol. The van der Waals surface area contributed by atoms with Gasteiger partial charge in [0.2, 0.25) is 0 Å². The fourth-order valence-corrected chi connectivity index (χ4v) is 0.931. The summed E-state index contributed by atoms with van der Waals surface area (Å²) in [6.45, 7) is 5.46. The maximum absolute atomic E-state index is 10.9. The number of likely N-dealkylation sites (N-methyl/N-ethyl adjacent to an activating group) is 1. The molecule has 0 unspecified atom stereocenters. The number of urea groups is 1. The molecule has 0 aliphatic carbocycles. The Balaban J connectivity index is 3.88. The zero-order valence-corrected chi connectivity index (χ0v) is 8.37. The monoisotopic (exact) mass is 173 g/mol. The van der Waals surface area contributed by atoms with Crippen LogP contribution >= 0.6 is 0 Å². The highest BCUT2D eigenvalue weighted by Gasteiger charge is 2.12. The van der Waals surface area contributed by atoms with Crippen LogP contribution in [0.15, 0.2) is 0 Å². The summed E-state index contributed by atoms with van der Waals surface area (Å²) in [4.78, 5) is 14.6. The lowest BCUT2D eigenvalue weighted by Gasteiger charge is -2.25. The molecule has 0 saturated heterocycles. The van der Waals surface area contributed by atoms with Gasteiger partial charge in [-0.15, -0.1) is 0 Å². The molecule has 0 bridgehead atoms. The van der Waals surface area contributed by atoms with Crippen LogP contribution in [0.3, 0.4) is 0 Å². The molecule has 0 aromatic heterocycles. The number of primary amides is 1. The fraction of sp³-hybridized carbons (Fsp3) is 0.875. The van der Waals surface area contributed by atoms with E-state index in [0.29, 0.717) is 6.54 Å². The van der Waals surface area contributed by atoms with Gasteiger partial charge in [-0.1, -0.05) is 0 Å². The van der Waals surface area contributed by atoms with Crippen molar-refractivity contribution in [3.8, 4) is 0 Å². The molecule has 0 aromatic carbocycles. The van der Waals surface area contributed by atoms with E-state index in [4.69, 9.17) is 5.73 Å². The van der Waals surface area contributed by atoms with Crippen molar-refractivity contribution in [2.24, 2.45) is 5.73 Å². The van der Waals surface area contributed by atoms with E-state index >= 15 is 0 Å². The summed E-state index contributed by atoms with van der Waals surface area (Å²) in [5.74, 6) is 0. The Hall–Kier alpha value is -0.770. The largest absolute Gasteiger partial charge is 0.351 e. The van der Waals surface area contributed by atoms with Crippen LogP contribution in [0.1, 0.15) is 13.8 Å². The Morgan fingerprint density at radius 1 is 1.33 bits per heavy atom. The first-order valence-corrected chi connectivity index (χ1v) is 4.16. The van der Waals surface area contributed by atoms with Gasteiger partial charge in [-0.2, -0.15) is 0 Å². The molecule has 0 heterocycles. The molecule has 2 amide bonds. The minimum Gasteiger partial charge on any atom is -0.351 e. The molecule has 0 aliphatic heterocycles. The smallest absolute Gasteiger partial charge is 0.315 e. The summed E-state index contributed by atoms with van der Waals surface area (Å²) in [6.07, 6.45) is 0. The van der Waals surface area contributed by atoms with Crippen LogP contribution in [0.5, 0.6) is 0 Å². The van der Waals surface area contributed by atoms with Gasteiger partial charge in [0.25, 0.3) is 0 Å². The first-order chi connectivity index (χ1) is 5.45. The predicted molar refractivity (Wildman–Crippen MR) is 50.0 cm³/mol.